The summed E-state index contributed by atoms with van der Waals surface area (Å²) in [4.78, 5) is 11.0. The van der Waals surface area contributed by atoms with Crippen molar-refractivity contribution in [3.05, 3.63) is 28.3 Å². The maximum absolute atomic E-state index is 11.0. The van der Waals surface area contributed by atoms with E-state index in [1.54, 1.807) is 13.0 Å². The van der Waals surface area contributed by atoms with Crippen LogP contribution in [0.4, 0.5) is 0 Å². The lowest BCUT2D eigenvalue weighted by atomic mass is 10.1. The van der Waals surface area contributed by atoms with Crippen LogP contribution >= 0.6 is 11.6 Å². The smallest absolute Gasteiger partial charge is 0.339 e. The number of rotatable bonds is 3. The molecule has 0 saturated carbocycles. The first-order chi connectivity index (χ1) is 6.91. The quantitative estimate of drug-likeness (QED) is 0.865. The number of carboxylic acids is 1. The molecule has 82 valence electrons. The molecule has 0 spiro atoms. The lowest BCUT2D eigenvalue weighted by Gasteiger charge is -2.15. The molecule has 0 aromatic heterocycles. The Balaban J connectivity index is 3.27. The molecule has 0 saturated heterocycles. The third-order valence-electron chi connectivity index (χ3n) is 1.82. The molecule has 0 atom stereocenters. The fourth-order valence-corrected chi connectivity index (χ4v) is 1.55. The molecular weight excluding hydrogens is 216 g/mol. The number of hydrogen-bond acceptors (Lipinski definition) is 2. The van der Waals surface area contributed by atoms with Crippen molar-refractivity contribution in [3.63, 3.8) is 0 Å². The van der Waals surface area contributed by atoms with Crippen LogP contribution in [-0.4, -0.2) is 17.2 Å². The minimum Gasteiger partial charge on any atom is -0.490 e. The van der Waals surface area contributed by atoms with Crippen LogP contribution in [0.5, 0.6) is 5.75 Å². The van der Waals surface area contributed by atoms with Crippen LogP contribution in [0.15, 0.2) is 12.1 Å². The summed E-state index contributed by atoms with van der Waals surface area (Å²) in [6.45, 7) is 5.47. The van der Waals surface area contributed by atoms with Gasteiger partial charge in [-0.25, -0.2) is 4.79 Å². The van der Waals surface area contributed by atoms with E-state index < -0.39 is 5.97 Å². The molecule has 0 bridgehead atoms. The Kier molecular flexibility index (Phi) is 3.58. The molecule has 0 radical (unpaired) electrons. The number of hydrogen-bond donors (Lipinski definition) is 1. The molecule has 0 aliphatic rings. The maximum Gasteiger partial charge on any atom is 0.339 e. The standard InChI is InChI=1S/C11H13ClO3/c1-6(2)15-10-7(3)4-8(12)5-9(10)11(13)14/h4-6H,1-3H3,(H,13,14). The first kappa shape index (κ1) is 11.9. The van der Waals surface area contributed by atoms with Gasteiger partial charge in [0, 0.05) is 5.02 Å². The Morgan fingerprint density at radius 1 is 1.47 bits per heavy atom. The second-order valence-corrected chi connectivity index (χ2v) is 4.01. The fraction of sp³-hybridized carbons (Fsp3) is 0.364. The predicted octanol–water partition coefficient (Wildman–Crippen LogP) is 3.13. The summed E-state index contributed by atoms with van der Waals surface area (Å²) in [6.07, 6.45) is -0.0667. The van der Waals surface area contributed by atoms with Crippen molar-refractivity contribution in [3.8, 4) is 5.75 Å². The highest BCUT2D eigenvalue weighted by molar-refractivity contribution is 6.31. The molecule has 0 fully saturated rings. The Hall–Kier alpha value is -1.22. The molecule has 15 heavy (non-hydrogen) atoms. The van der Waals surface area contributed by atoms with E-state index >= 15 is 0 Å². The van der Waals surface area contributed by atoms with E-state index in [1.807, 2.05) is 13.8 Å². The zero-order valence-electron chi connectivity index (χ0n) is 8.87. The lowest BCUT2D eigenvalue weighted by molar-refractivity contribution is 0.0690. The van der Waals surface area contributed by atoms with Gasteiger partial charge in [-0.05, 0) is 38.5 Å². The van der Waals surface area contributed by atoms with Gasteiger partial charge in [0.05, 0.1) is 6.10 Å². The average Bonchev–Trinajstić information content (AvgIpc) is 2.08. The SMILES string of the molecule is Cc1cc(Cl)cc(C(=O)O)c1OC(C)C. The third kappa shape index (κ3) is 2.86. The van der Waals surface area contributed by atoms with Crippen LogP contribution in [0.3, 0.4) is 0 Å². The van der Waals surface area contributed by atoms with Gasteiger partial charge in [0.1, 0.15) is 11.3 Å². The van der Waals surface area contributed by atoms with Crippen molar-refractivity contribution in [2.45, 2.75) is 26.9 Å². The highest BCUT2D eigenvalue weighted by Gasteiger charge is 2.16. The van der Waals surface area contributed by atoms with Gasteiger partial charge in [-0.3, -0.25) is 0 Å². The topological polar surface area (TPSA) is 46.5 Å². The normalized spacial score (nSPS) is 10.5. The van der Waals surface area contributed by atoms with E-state index in [4.69, 9.17) is 21.4 Å². The maximum atomic E-state index is 11.0. The highest BCUT2D eigenvalue weighted by Crippen LogP contribution is 2.28. The summed E-state index contributed by atoms with van der Waals surface area (Å²) in [6, 6.07) is 3.08. The van der Waals surface area contributed by atoms with E-state index in [9.17, 15) is 4.79 Å². The number of aromatic carboxylic acids is 1. The molecular formula is C11H13ClO3. The Bertz CT molecular complexity index is 386. The van der Waals surface area contributed by atoms with Gasteiger partial charge >= 0.3 is 5.97 Å². The lowest BCUT2D eigenvalue weighted by Crippen LogP contribution is -2.11. The molecule has 1 aromatic rings. The molecule has 0 unspecified atom stereocenters. The highest BCUT2D eigenvalue weighted by atomic mass is 35.5. The first-order valence-corrected chi connectivity index (χ1v) is 4.99. The number of benzene rings is 1. The predicted molar refractivity (Wildman–Crippen MR) is 58.9 cm³/mol. The molecule has 1 aromatic carbocycles. The number of halogens is 1. The zero-order valence-corrected chi connectivity index (χ0v) is 9.63. The molecule has 0 aliphatic heterocycles. The van der Waals surface area contributed by atoms with Crippen molar-refractivity contribution in [1.82, 2.24) is 0 Å². The summed E-state index contributed by atoms with van der Waals surface area (Å²) >= 11 is 5.78. The van der Waals surface area contributed by atoms with Gasteiger partial charge in [0.2, 0.25) is 0 Å². The Morgan fingerprint density at radius 2 is 2.07 bits per heavy atom. The minimum absolute atomic E-state index is 0.0667. The van der Waals surface area contributed by atoms with Gasteiger partial charge in [0.25, 0.3) is 0 Å². The molecule has 1 N–H and O–H groups in total. The molecule has 4 heteroatoms. The van der Waals surface area contributed by atoms with Gasteiger partial charge < -0.3 is 9.84 Å². The Labute approximate surface area is 93.6 Å². The van der Waals surface area contributed by atoms with Crippen LogP contribution in [0.2, 0.25) is 5.02 Å². The van der Waals surface area contributed by atoms with Crippen molar-refractivity contribution in [2.75, 3.05) is 0 Å². The molecule has 1 rings (SSSR count). The number of aryl methyl sites for hydroxylation is 1. The number of carbonyl (C=O) groups is 1. The Morgan fingerprint density at radius 3 is 2.53 bits per heavy atom. The van der Waals surface area contributed by atoms with E-state index in [0.29, 0.717) is 10.8 Å². The van der Waals surface area contributed by atoms with Gasteiger partial charge in [-0.1, -0.05) is 11.6 Å². The van der Waals surface area contributed by atoms with Gasteiger partial charge in [-0.15, -0.1) is 0 Å². The van der Waals surface area contributed by atoms with E-state index in [2.05, 4.69) is 0 Å². The average molecular weight is 229 g/mol. The zero-order chi connectivity index (χ0) is 11.6. The van der Waals surface area contributed by atoms with Crippen LogP contribution in [0.1, 0.15) is 29.8 Å². The van der Waals surface area contributed by atoms with Crippen molar-refractivity contribution in [2.24, 2.45) is 0 Å². The second kappa shape index (κ2) is 4.53. The van der Waals surface area contributed by atoms with Gasteiger partial charge in [-0.2, -0.15) is 0 Å². The third-order valence-corrected chi connectivity index (χ3v) is 2.04. The van der Waals surface area contributed by atoms with Crippen molar-refractivity contribution < 1.29 is 14.6 Å². The van der Waals surface area contributed by atoms with Crippen LogP contribution < -0.4 is 4.74 Å². The van der Waals surface area contributed by atoms with E-state index in [0.717, 1.165) is 5.56 Å². The number of carboxylic acid groups (broad SMARTS) is 1. The van der Waals surface area contributed by atoms with Crippen LogP contribution in [0, 0.1) is 6.92 Å². The van der Waals surface area contributed by atoms with Gasteiger partial charge in [0.15, 0.2) is 0 Å². The summed E-state index contributed by atoms with van der Waals surface area (Å²) in [5.41, 5.74) is 0.835. The summed E-state index contributed by atoms with van der Waals surface area (Å²) in [5.74, 6) is -0.641. The first-order valence-electron chi connectivity index (χ1n) is 4.62. The molecule has 0 amide bonds. The number of ether oxygens (including phenoxy) is 1. The molecule has 3 nitrogen and oxygen atoms in total. The van der Waals surface area contributed by atoms with Crippen molar-refractivity contribution >= 4 is 17.6 Å². The van der Waals surface area contributed by atoms with E-state index in [-0.39, 0.29) is 11.7 Å². The molecule has 0 heterocycles. The van der Waals surface area contributed by atoms with Crippen LogP contribution in [0.25, 0.3) is 0 Å². The summed E-state index contributed by atoms with van der Waals surface area (Å²) in [7, 11) is 0. The molecule has 0 aliphatic carbocycles. The monoisotopic (exact) mass is 228 g/mol. The summed E-state index contributed by atoms with van der Waals surface area (Å²) < 4.78 is 5.45. The minimum atomic E-state index is -1.03. The van der Waals surface area contributed by atoms with Crippen molar-refractivity contribution in [1.29, 1.82) is 0 Å². The van der Waals surface area contributed by atoms with Crippen LogP contribution in [-0.2, 0) is 0 Å². The summed E-state index contributed by atoms with van der Waals surface area (Å²) in [5, 5.41) is 9.39. The second-order valence-electron chi connectivity index (χ2n) is 3.57. The fourth-order valence-electron chi connectivity index (χ4n) is 1.28. The van der Waals surface area contributed by atoms with E-state index in [1.165, 1.54) is 6.07 Å². The largest absolute Gasteiger partial charge is 0.490 e.